The van der Waals surface area contributed by atoms with Crippen molar-refractivity contribution in [2.75, 3.05) is 6.61 Å². The maximum absolute atomic E-state index is 13.9. The highest BCUT2D eigenvalue weighted by Crippen LogP contribution is 2.30. The Bertz CT molecular complexity index is 418. The standard InChI is InChI=1S/C14H21F5O4/c1-5-9(23-10(20)12(3,4)6-2)14(18,19)11(21)22-8-7-13(15,16)17/h9H,5-8H2,1-4H3. The quantitative estimate of drug-likeness (QED) is 0.493. The molecular formula is C14H21F5O4. The molecule has 0 aliphatic rings. The summed E-state index contributed by atoms with van der Waals surface area (Å²) >= 11 is 0. The Labute approximate surface area is 131 Å². The summed E-state index contributed by atoms with van der Waals surface area (Å²) < 4.78 is 72.2. The van der Waals surface area contributed by atoms with E-state index in [1.165, 1.54) is 20.8 Å². The van der Waals surface area contributed by atoms with Crippen molar-refractivity contribution >= 4 is 11.9 Å². The highest BCUT2D eigenvalue weighted by atomic mass is 19.4. The average Bonchev–Trinajstić information content (AvgIpc) is 2.42. The molecule has 0 heterocycles. The molecule has 0 aromatic heterocycles. The molecule has 0 aliphatic heterocycles. The summed E-state index contributed by atoms with van der Waals surface area (Å²) in [4.78, 5) is 23.1. The molecule has 23 heavy (non-hydrogen) atoms. The summed E-state index contributed by atoms with van der Waals surface area (Å²) in [6.45, 7) is 4.67. The number of halogens is 5. The van der Waals surface area contributed by atoms with E-state index in [0.29, 0.717) is 6.42 Å². The number of hydrogen-bond donors (Lipinski definition) is 0. The van der Waals surface area contributed by atoms with Crippen LogP contribution in [0.1, 0.15) is 47.0 Å². The van der Waals surface area contributed by atoms with E-state index in [9.17, 15) is 31.5 Å². The Kier molecular flexibility index (Phi) is 7.43. The van der Waals surface area contributed by atoms with Crippen LogP contribution >= 0.6 is 0 Å². The van der Waals surface area contributed by atoms with Crippen molar-refractivity contribution in [3.8, 4) is 0 Å². The highest BCUT2D eigenvalue weighted by Gasteiger charge is 2.51. The molecule has 0 aromatic rings. The molecule has 0 aliphatic carbocycles. The molecule has 0 bridgehead atoms. The molecule has 4 nitrogen and oxygen atoms in total. The molecule has 0 N–H and O–H groups in total. The summed E-state index contributed by atoms with van der Waals surface area (Å²) in [5.41, 5.74) is -1.02. The molecule has 0 fully saturated rings. The van der Waals surface area contributed by atoms with Crippen molar-refractivity contribution in [2.24, 2.45) is 5.41 Å². The van der Waals surface area contributed by atoms with Crippen LogP contribution < -0.4 is 0 Å². The average molecular weight is 348 g/mol. The fourth-order valence-corrected chi connectivity index (χ4v) is 1.33. The smallest absolute Gasteiger partial charge is 0.392 e. The van der Waals surface area contributed by atoms with Gasteiger partial charge in [-0.1, -0.05) is 13.8 Å². The van der Waals surface area contributed by atoms with E-state index in [-0.39, 0.29) is 0 Å². The maximum atomic E-state index is 13.9. The number of esters is 2. The Morgan fingerprint density at radius 2 is 1.52 bits per heavy atom. The Morgan fingerprint density at radius 1 is 1.00 bits per heavy atom. The molecular weight excluding hydrogens is 327 g/mol. The van der Waals surface area contributed by atoms with Gasteiger partial charge in [-0.3, -0.25) is 4.79 Å². The molecule has 0 saturated carbocycles. The highest BCUT2D eigenvalue weighted by molar-refractivity contribution is 5.80. The fraction of sp³-hybridized carbons (Fsp3) is 0.857. The van der Waals surface area contributed by atoms with Gasteiger partial charge < -0.3 is 9.47 Å². The van der Waals surface area contributed by atoms with Crippen molar-refractivity contribution < 1.29 is 41.0 Å². The minimum absolute atomic E-state index is 0.323. The molecule has 0 rings (SSSR count). The molecule has 0 spiro atoms. The summed E-state index contributed by atoms with van der Waals surface area (Å²) in [5, 5.41) is 0. The predicted octanol–water partition coefficient (Wildman–Crippen LogP) is 3.88. The Balaban J connectivity index is 4.85. The van der Waals surface area contributed by atoms with E-state index < -0.39 is 55.0 Å². The van der Waals surface area contributed by atoms with E-state index in [1.807, 2.05) is 0 Å². The first-order valence-electron chi connectivity index (χ1n) is 7.10. The monoisotopic (exact) mass is 348 g/mol. The predicted molar refractivity (Wildman–Crippen MR) is 70.8 cm³/mol. The van der Waals surface area contributed by atoms with Crippen LogP contribution in [0.2, 0.25) is 0 Å². The van der Waals surface area contributed by atoms with Crippen molar-refractivity contribution in [3.05, 3.63) is 0 Å². The lowest BCUT2D eigenvalue weighted by Crippen LogP contribution is -2.46. The minimum Gasteiger partial charge on any atom is -0.461 e. The van der Waals surface area contributed by atoms with E-state index in [4.69, 9.17) is 0 Å². The summed E-state index contributed by atoms with van der Waals surface area (Å²) in [5.74, 6) is -7.29. The topological polar surface area (TPSA) is 52.6 Å². The third-order valence-corrected chi connectivity index (χ3v) is 3.35. The van der Waals surface area contributed by atoms with Gasteiger partial charge in [0.15, 0.2) is 6.10 Å². The third kappa shape index (κ3) is 6.70. The lowest BCUT2D eigenvalue weighted by Gasteiger charge is -2.28. The summed E-state index contributed by atoms with van der Waals surface area (Å²) in [6.07, 6.45) is -8.33. The van der Waals surface area contributed by atoms with E-state index in [0.717, 1.165) is 0 Å². The van der Waals surface area contributed by atoms with Crippen LogP contribution in [0, 0.1) is 5.41 Å². The van der Waals surface area contributed by atoms with E-state index in [2.05, 4.69) is 9.47 Å². The normalized spacial score (nSPS) is 14.3. The number of rotatable bonds is 8. The van der Waals surface area contributed by atoms with Crippen LogP contribution in [-0.2, 0) is 19.1 Å². The maximum Gasteiger partial charge on any atom is 0.392 e. The van der Waals surface area contributed by atoms with Gasteiger partial charge in [0.2, 0.25) is 0 Å². The van der Waals surface area contributed by atoms with Crippen molar-refractivity contribution in [1.29, 1.82) is 0 Å². The van der Waals surface area contributed by atoms with Gasteiger partial charge in [-0.05, 0) is 26.7 Å². The minimum atomic E-state index is -4.63. The first-order chi connectivity index (χ1) is 10.3. The molecule has 0 saturated heterocycles. The van der Waals surface area contributed by atoms with Crippen LogP contribution in [-0.4, -0.2) is 36.7 Å². The number of alkyl halides is 5. The molecule has 136 valence electrons. The van der Waals surface area contributed by atoms with Gasteiger partial charge in [-0.15, -0.1) is 0 Å². The Hall–Kier alpha value is -1.41. The molecule has 1 unspecified atom stereocenters. The molecule has 0 amide bonds. The lowest BCUT2D eigenvalue weighted by molar-refractivity contribution is -0.205. The lowest BCUT2D eigenvalue weighted by atomic mass is 9.90. The zero-order valence-corrected chi connectivity index (χ0v) is 13.4. The van der Waals surface area contributed by atoms with Gasteiger partial charge in [0.1, 0.15) is 6.61 Å². The van der Waals surface area contributed by atoms with Crippen molar-refractivity contribution in [1.82, 2.24) is 0 Å². The first kappa shape index (κ1) is 21.6. The van der Waals surface area contributed by atoms with Crippen molar-refractivity contribution in [3.63, 3.8) is 0 Å². The Morgan fingerprint density at radius 3 is 1.91 bits per heavy atom. The molecule has 9 heteroatoms. The van der Waals surface area contributed by atoms with Crippen LogP contribution in [0.15, 0.2) is 0 Å². The van der Waals surface area contributed by atoms with Gasteiger partial charge >= 0.3 is 24.0 Å². The second-order valence-corrected chi connectivity index (χ2v) is 5.66. The zero-order chi connectivity index (χ0) is 18.5. The van der Waals surface area contributed by atoms with Crippen LogP contribution in [0.25, 0.3) is 0 Å². The van der Waals surface area contributed by atoms with E-state index in [1.54, 1.807) is 6.92 Å². The second kappa shape index (κ2) is 7.92. The van der Waals surface area contributed by atoms with Gasteiger partial charge in [-0.25, -0.2) is 4.79 Å². The van der Waals surface area contributed by atoms with Gasteiger partial charge in [0, 0.05) is 0 Å². The van der Waals surface area contributed by atoms with Crippen LogP contribution in [0.4, 0.5) is 22.0 Å². The van der Waals surface area contributed by atoms with Gasteiger partial charge in [-0.2, -0.15) is 22.0 Å². The number of carbonyl (C=O) groups excluding carboxylic acids is 2. The fourth-order valence-electron chi connectivity index (χ4n) is 1.33. The molecule has 0 aromatic carbocycles. The summed E-state index contributed by atoms with van der Waals surface area (Å²) in [6, 6.07) is 0. The van der Waals surface area contributed by atoms with Crippen LogP contribution in [0.5, 0.6) is 0 Å². The molecule has 0 radical (unpaired) electrons. The van der Waals surface area contributed by atoms with Crippen LogP contribution in [0.3, 0.4) is 0 Å². The largest absolute Gasteiger partial charge is 0.461 e. The van der Waals surface area contributed by atoms with Gasteiger partial charge in [0.25, 0.3) is 0 Å². The SMILES string of the molecule is CCC(OC(=O)C(C)(C)CC)C(F)(F)C(=O)OCCC(F)(F)F. The third-order valence-electron chi connectivity index (χ3n) is 3.35. The van der Waals surface area contributed by atoms with Crippen molar-refractivity contribution in [2.45, 2.75) is 65.2 Å². The number of carbonyl (C=O) groups is 2. The number of ether oxygens (including phenoxy) is 2. The van der Waals surface area contributed by atoms with Gasteiger partial charge in [0.05, 0.1) is 11.8 Å². The second-order valence-electron chi connectivity index (χ2n) is 5.66. The van der Waals surface area contributed by atoms with E-state index >= 15 is 0 Å². The first-order valence-corrected chi connectivity index (χ1v) is 7.10. The number of hydrogen-bond acceptors (Lipinski definition) is 4. The summed E-state index contributed by atoms with van der Waals surface area (Å²) in [7, 11) is 0. The zero-order valence-electron chi connectivity index (χ0n) is 13.4. The molecule has 1 atom stereocenters.